The standard InChI is InChI=1S/C19H22N4O2/c1-13(2)23-18-9-17(8-7-15(18)11-21-23)22-19(25)20-10-14-5-3-4-6-16(14)12-24/h3-9,11,13,24H,10,12H2,1-2H3,(H2,20,22,25). The summed E-state index contributed by atoms with van der Waals surface area (Å²) in [6.45, 7) is 4.44. The first-order valence-corrected chi connectivity index (χ1v) is 8.28. The Bertz CT molecular complexity index is 886. The second-order valence-electron chi connectivity index (χ2n) is 6.19. The molecule has 0 fully saturated rings. The number of aliphatic hydroxyl groups is 1. The van der Waals surface area contributed by atoms with Crippen molar-refractivity contribution >= 4 is 22.6 Å². The van der Waals surface area contributed by atoms with Gasteiger partial charge in [0.25, 0.3) is 0 Å². The van der Waals surface area contributed by atoms with E-state index >= 15 is 0 Å². The number of amides is 2. The predicted molar refractivity (Wildman–Crippen MR) is 98.3 cm³/mol. The van der Waals surface area contributed by atoms with Crippen molar-refractivity contribution in [1.29, 1.82) is 0 Å². The third-order valence-electron chi connectivity index (χ3n) is 4.07. The van der Waals surface area contributed by atoms with Crippen LogP contribution in [0.4, 0.5) is 10.5 Å². The maximum absolute atomic E-state index is 12.2. The molecule has 3 aromatic rings. The predicted octanol–water partition coefficient (Wildman–Crippen LogP) is 3.43. The summed E-state index contributed by atoms with van der Waals surface area (Å²) in [5.74, 6) is 0. The molecule has 3 rings (SSSR count). The Morgan fingerprint density at radius 3 is 2.68 bits per heavy atom. The van der Waals surface area contributed by atoms with E-state index in [4.69, 9.17) is 0 Å². The number of rotatable bonds is 5. The number of aromatic nitrogens is 2. The SMILES string of the molecule is CC(C)n1ncc2ccc(NC(=O)NCc3ccccc3CO)cc21. The summed E-state index contributed by atoms with van der Waals surface area (Å²) < 4.78 is 1.93. The molecule has 0 atom stereocenters. The van der Waals surface area contributed by atoms with E-state index in [2.05, 4.69) is 29.6 Å². The molecule has 0 radical (unpaired) electrons. The van der Waals surface area contributed by atoms with Crippen LogP contribution in [-0.2, 0) is 13.2 Å². The number of hydrogen-bond donors (Lipinski definition) is 3. The van der Waals surface area contributed by atoms with Gasteiger partial charge in [-0.05, 0) is 43.2 Å². The van der Waals surface area contributed by atoms with E-state index in [1.165, 1.54) is 0 Å². The van der Waals surface area contributed by atoms with Gasteiger partial charge in [0.1, 0.15) is 0 Å². The van der Waals surface area contributed by atoms with Crippen LogP contribution in [0.5, 0.6) is 0 Å². The molecule has 0 aliphatic rings. The minimum atomic E-state index is -0.289. The van der Waals surface area contributed by atoms with Gasteiger partial charge in [-0.1, -0.05) is 24.3 Å². The monoisotopic (exact) mass is 338 g/mol. The number of fused-ring (bicyclic) bond motifs is 1. The van der Waals surface area contributed by atoms with Crippen molar-refractivity contribution in [3.8, 4) is 0 Å². The van der Waals surface area contributed by atoms with Crippen molar-refractivity contribution in [3.05, 3.63) is 59.8 Å². The van der Waals surface area contributed by atoms with Gasteiger partial charge in [0.05, 0.1) is 18.3 Å². The van der Waals surface area contributed by atoms with E-state index in [1.807, 2.05) is 53.3 Å². The van der Waals surface area contributed by atoms with Crippen LogP contribution in [-0.4, -0.2) is 20.9 Å². The molecule has 1 heterocycles. The molecular formula is C19H22N4O2. The van der Waals surface area contributed by atoms with E-state index in [-0.39, 0.29) is 18.7 Å². The van der Waals surface area contributed by atoms with Gasteiger partial charge in [-0.2, -0.15) is 5.10 Å². The van der Waals surface area contributed by atoms with E-state index in [1.54, 1.807) is 0 Å². The zero-order valence-electron chi connectivity index (χ0n) is 14.4. The maximum atomic E-state index is 12.2. The molecule has 0 bridgehead atoms. The van der Waals surface area contributed by atoms with Crippen LogP contribution in [0.15, 0.2) is 48.7 Å². The molecule has 25 heavy (non-hydrogen) atoms. The molecule has 0 aliphatic carbocycles. The van der Waals surface area contributed by atoms with Gasteiger partial charge >= 0.3 is 6.03 Å². The van der Waals surface area contributed by atoms with Crippen molar-refractivity contribution in [2.75, 3.05) is 5.32 Å². The Balaban J connectivity index is 1.68. The zero-order valence-corrected chi connectivity index (χ0v) is 14.4. The lowest BCUT2D eigenvalue weighted by Crippen LogP contribution is -2.28. The zero-order chi connectivity index (χ0) is 17.8. The Labute approximate surface area is 146 Å². The molecule has 0 saturated heterocycles. The molecule has 2 aromatic carbocycles. The normalized spacial score (nSPS) is 11.0. The number of aliphatic hydroxyl groups excluding tert-OH is 1. The van der Waals surface area contributed by atoms with Gasteiger partial charge in [-0.25, -0.2) is 4.79 Å². The number of benzene rings is 2. The smallest absolute Gasteiger partial charge is 0.319 e. The molecule has 130 valence electrons. The van der Waals surface area contributed by atoms with E-state index in [0.29, 0.717) is 12.2 Å². The highest BCUT2D eigenvalue weighted by Crippen LogP contribution is 2.21. The molecular weight excluding hydrogens is 316 g/mol. The summed E-state index contributed by atoms with van der Waals surface area (Å²) in [7, 11) is 0. The third kappa shape index (κ3) is 3.80. The first-order chi connectivity index (χ1) is 12.1. The molecule has 2 amide bonds. The number of carbonyl (C=O) groups excluding carboxylic acids is 1. The number of carbonyl (C=O) groups is 1. The molecule has 6 nitrogen and oxygen atoms in total. The number of anilines is 1. The maximum Gasteiger partial charge on any atom is 0.319 e. The van der Waals surface area contributed by atoms with Gasteiger partial charge in [-0.3, -0.25) is 4.68 Å². The highest BCUT2D eigenvalue weighted by molar-refractivity contribution is 5.92. The lowest BCUT2D eigenvalue weighted by Gasteiger charge is -2.11. The average molecular weight is 338 g/mol. The van der Waals surface area contributed by atoms with Crippen molar-refractivity contribution in [1.82, 2.24) is 15.1 Å². The fourth-order valence-electron chi connectivity index (χ4n) is 2.76. The summed E-state index contributed by atoms with van der Waals surface area (Å²) in [5.41, 5.74) is 3.40. The van der Waals surface area contributed by atoms with Crippen molar-refractivity contribution in [2.24, 2.45) is 0 Å². The Hall–Kier alpha value is -2.86. The first kappa shape index (κ1) is 17.0. The molecule has 0 saturated carbocycles. The average Bonchev–Trinajstić information content (AvgIpc) is 3.03. The number of nitrogens with zero attached hydrogens (tertiary/aromatic N) is 2. The van der Waals surface area contributed by atoms with Crippen LogP contribution in [0, 0.1) is 0 Å². The van der Waals surface area contributed by atoms with Crippen LogP contribution < -0.4 is 10.6 Å². The molecule has 3 N–H and O–H groups in total. The largest absolute Gasteiger partial charge is 0.392 e. The first-order valence-electron chi connectivity index (χ1n) is 8.28. The highest BCUT2D eigenvalue weighted by atomic mass is 16.3. The molecule has 1 aromatic heterocycles. The van der Waals surface area contributed by atoms with Crippen LogP contribution in [0.2, 0.25) is 0 Å². The van der Waals surface area contributed by atoms with Gasteiger partial charge in [0, 0.05) is 23.7 Å². The number of urea groups is 1. The quantitative estimate of drug-likeness (QED) is 0.667. The van der Waals surface area contributed by atoms with Gasteiger partial charge < -0.3 is 15.7 Å². The molecule has 0 spiro atoms. The minimum Gasteiger partial charge on any atom is -0.392 e. The Kier molecular flexibility index (Phi) is 5.00. The number of hydrogen-bond acceptors (Lipinski definition) is 3. The van der Waals surface area contributed by atoms with Crippen molar-refractivity contribution in [2.45, 2.75) is 33.0 Å². The van der Waals surface area contributed by atoms with Crippen LogP contribution >= 0.6 is 0 Å². The lowest BCUT2D eigenvalue weighted by molar-refractivity contribution is 0.251. The third-order valence-corrected chi connectivity index (χ3v) is 4.07. The summed E-state index contributed by atoms with van der Waals surface area (Å²) >= 11 is 0. The molecule has 0 unspecified atom stereocenters. The van der Waals surface area contributed by atoms with Gasteiger partial charge in [-0.15, -0.1) is 0 Å². The van der Waals surface area contributed by atoms with E-state index in [0.717, 1.165) is 22.0 Å². The fraction of sp³-hybridized carbons (Fsp3) is 0.263. The Morgan fingerprint density at radius 2 is 1.96 bits per heavy atom. The second kappa shape index (κ2) is 7.36. The second-order valence-corrected chi connectivity index (χ2v) is 6.19. The Morgan fingerprint density at radius 1 is 1.20 bits per heavy atom. The van der Waals surface area contributed by atoms with Crippen molar-refractivity contribution in [3.63, 3.8) is 0 Å². The lowest BCUT2D eigenvalue weighted by atomic mass is 10.1. The summed E-state index contributed by atoms with van der Waals surface area (Å²) in [4.78, 5) is 12.2. The summed E-state index contributed by atoms with van der Waals surface area (Å²) in [6.07, 6.45) is 1.82. The van der Waals surface area contributed by atoms with E-state index in [9.17, 15) is 9.90 Å². The highest BCUT2D eigenvalue weighted by Gasteiger charge is 2.09. The summed E-state index contributed by atoms with van der Waals surface area (Å²) in [6, 6.07) is 13.2. The van der Waals surface area contributed by atoms with Crippen molar-refractivity contribution < 1.29 is 9.90 Å². The van der Waals surface area contributed by atoms with Crippen LogP contribution in [0.1, 0.15) is 31.0 Å². The molecule has 0 aliphatic heterocycles. The minimum absolute atomic E-state index is 0.0463. The van der Waals surface area contributed by atoms with Crippen LogP contribution in [0.3, 0.4) is 0 Å². The molecule has 6 heteroatoms. The van der Waals surface area contributed by atoms with Gasteiger partial charge in [0.15, 0.2) is 0 Å². The van der Waals surface area contributed by atoms with E-state index < -0.39 is 0 Å². The number of nitrogens with one attached hydrogen (secondary N) is 2. The topological polar surface area (TPSA) is 79.2 Å². The summed E-state index contributed by atoms with van der Waals surface area (Å²) in [5, 5.41) is 20.4. The fourth-order valence-corrected chi connectivity index (χ4v) is 2.76. The van der Waals surface area contributed by atoms with Gasteiger partial charge in [0.2, 0.25) is 0 Å². The van der Waals surface area contributed by atoms with Crippen LogP contribution in [0.25, 0.3) is 10.9 Å².